The van der Waals surface area contributed by atoms with Crippen molar-refractivity contribution in [3.63, 3.8) is 0 Å². The largest absolute Gasteiger partial charge is 0.383 e. The van der Waals surface area contributed by atoms with Gasteiger partial charge in [0.1, 0.15) is 17.2 Å². The molecule has 0 aliphatic rings. The van der Waals surface area contributed by atoms with Gasteiger partial charge in [0.25, 0.3) is 5.91 Å². The Morgan fingerprint density at radius 3 is 2.79 bits per heavy atom. The molecule has 7 heteroatoms. The summed E-state index contributed by atoms with van der Waals surface area (Å²) in [6.07, 6.45) is 0. The lowest BCUT2D eigenvalue weighted by Gasteiger charge is -2.24. The molecule has 0 bridgehead atoms. The van der Waals surface area contributed by atoms with Crippen molar-refractivity contribution >= 4 is 16.8 Å². The van der Waals surface area contributed by atoms with Gasteiger partial charge in [-0.2, -0.15) is 5.10 Å². The number of carbonyl (C=O) groups excluding carboxylic acids is 1. The molecule has 3 aromatic rings. The number of fused-ring (bicyclic) bond motifs is 1. The summed E-state index contributed by atoms with van der Waals surface area (Å²) in [6, 6.07) is 10.0. The van der Waals surface area contributed by atoms with E-state index in [0.29, 0.717) is 17.0 Å². The van der Waals surface area contributed by atoms with Crippen LogP contribution in [0.3, 0.4) is 0 Å². The molecule has 0 fully saturated rings. The molecule has 1 unspecified atom stereocenters. The zero-order chi connectivity index (χ0) is 17.3. The number of H-pyrrole nitrogens is 1. The van der Waals surface area contributed by atoms with Crippen molar-refractivity contribution in [1.29, 1.82) is 0 Å². The van der Waals surface area contributed by atoms with Gasteiger partial charge in [-0.3, -0.25) is 9.89 Å². The Bertz CT molecular complexity index is 906. The van der Waals surface area contributed by atoms with Crippen LogP contribution in [0.1, 0.15) is 23.0 Å². The molecule has 0 saturated carbocycles. The van der Waals surface area contributed by atoms with Crippen molar-refractivity contribution in [2.24, 2.45) is 0 Å². The van der Waals surface area contributed by atoms with Crippen LogP contribution in [0.5, 0.6) is 0 Å². The maximum atomic E-state index is 13.8. The smallest absolute Gasteiger partial charge is 0.272 e. The number of aromatic amines is 1. The molecule has 1 amide bonds. The van der Waals surface area contributed by atoms with E-state index in [1.54, 1.807) is 18.2 Å². The minimum absolute atomic E-state index is 0.101. The van der Waals surface area contributed by atoms with Gasteiger partial charge in [-0.25, -0.2) is 8.78 Å². The van der Waals surface area contributed by atoms with E-state index in [4.69, 9.17) is 0 Å². The second-order valence-corrected chi connectivity index (χ2v) is 5.70. The normalized spacial score (nSPS) is 13.7. The molecule has 124 valence electrons. The van der Waals surface area contributed by atoms with Gasteiger partial charge in [0.15, 0.2) is 5.69 Å². The zero-order valence-electron chi connectivity index (χ0n) is 12.8. The highest BCUT2D eigenvalue weighted by Crippen LogP contribution is 2.24. The molecule has 3 rings (SSSR count). The van der Waals surface area contributed by atoms with Crippen molar-refractivity contribution in [3.05, 3.63) is 65.4 Å². The van der Waals surface area contributed by atoms with Gasteiger partial charge in [0.2, 0.25) is 0 Å². The Morgan fingerprint density at radius 2 is 2.04 bits per heavy atom. The lowest BCUT2D eigenvalue weighted by atomic mass is 9.95. The van der Waals surface area contributed by atoms with Crippen molar-refractivity contribution in [1.82, 2.24) is 15.5 Å². The predicted octanol–water partition coefficient (Wildman–Crippen LogP) is 2.48. The summed E-state index contributed by atoms with van der Waals surface area (Å²) in [7, 11) is 0. The van der Waals surface area contributed by atoms with Crippen LogP contribution in [0.4, 0.5) is 8.78 Å². The van der Waals surface area contributed by atoms with Crippen LogP contribution in [0.25, 0.3) is 10.9 Å². The number of nitrogens with zero attached hydrogens (tertiary/aromatic N) is 1. The zero-order valence-corrected chi connectivity index (χ0v) is 12.8. The Hall–Kier alpha value is -2.80. The third kappa shape index (κ3) is 2.98. The first kappa shape index (κ1) is 16.1. The Morgan fingerprint density at radius 1 is 1.29 bits per heavy atom. The molecule has 5 nitrogen and oxygen atoms in total. The summed E-state index contributed by atoms with van der Waals surface area (Å²) in [5.74, 6) is -2.12. The molecule has 0 aliphatic heterocycles. The summed E-state index contributed by atoms with van der Waals surface area (Å²) in [5.41, 5.74) is -0.907. The lowest BCUT2D eigenvalue weighted by Crippen LogP contribution is -2.39. The maximum absolute atomic E-state index is 13.8. The van der Waals surface area contributed by atoms with Gasteiger partial charge in [-0.1, -0.05) is 24.3 Å². The van der Waals surface area contributed by atoms with E-state index in [-0.39, 0.29) is 17.8 Å². The summed E-state index contributed by atoms with van der Waals surface area (Å²) < 4.78 is 26.8. The minimum Gasteiger partial charge on any atom is -0.383 e. The molecule has 1 heterocycles. The first-order valence-electron chi connectivity index (χ1n) is 7.28. The van der Waals surface area contributed by atoms with Gasteiger partial charge in [0, 0.05) is 17.0 Å². The number of para-hydroxylation sites is 1. The van der Waals surface area contributed by atoms with E-state index in [0.717, 1.165) is 12.1 Å². The van der Waals surface area contributed by atoms with E-state index >= 15 is 0 Å². The summed E-state index contributed by atoms with van der Waals surface area (Å²) in [5, 5.41) is 20.3. The molecule has 24 heavy (non-hydrogen) atoms. The van der Waals surface area contributed by atoms with Crippen molar-refractivity contribution in [2.45, 2.75) is 12.5 Å². The molecule has 2 aromatic carbocycles. The predicted molar refractivity (Wildman–Crippen MR) is 84.4 cm³/mol. The third-order valence-electron chi connectivity index (χ3n) is 3.79. The average Bonchev–Trinajstić information content (AvgIpc) is 2.96. The van der Waals surface area contributed by atoms with E-state index in [1.165, 1.54) is 6.92 Å². The second kappa shape index (κ2) is 6.01. The molecular weight excluding hydrogens is 316 g/mol. The van der Waals surface area contributed by atoms with Crippen molar-refractivity contribution < 1.29 is 18.7 Å². The molecule has 1 atom stereocenters. The number of hydrogen-bond acceptors (Lipinski definition) is 3. The van der Waals surface area contributed by atoms with E-state index in [9.17, 15) is 18.7 Å². The van der Waals surface area contributed by atoms with Gasteiger partial charge in [0.05, 0.1) is 12.1 Å². The number of amides is 1. The first-order valence-corrected chi connectivity index (χ1v) is 7.28. The monoisotopic (exact) mass is 331 g/mol. The van der Waals surface area contributed by atoms with Crippen molar-refractivity contribution in [3.8, 4) is 0 Å². The quantitative estimate of drug-likeness (QED) is 0.687. The molecule has 1 aromatic heterocycles. The lowest BCUT2D eigenvalue weighted by molar-refractivity contribution is 0.0493. The first-order chi connectivity index (χ1) is 11.4. The van der Waals surface area contributed by atoms with Gasteiger partial charge < -0.3 is 10.4 Å². The number of aromatic nitrogens is 2. The summed E-state index contributed by atoms with van der Waals surface area (Å²) >= 11 is 0. The molecule has 0 saturated heterocycles. The third-order valence-corrected chi connectivity index (χ3v) is 3.79. The van der Waals surface area contributed by atoms with Gasteiger partial charge in [-0.05, 0) is 19.1 Å². The van der Waals surface area contributed by atoms with Crippen molar-refractivity contribution in [2.75, 3.05) is 6.54 Å². The number of rotatable bonds is 4. The van der Waals surface area contributed by atoms with Crippen LogP contribution < -0.4 is 5.32 Å². The van der Waals surface area contributed by atoms with E-state index in [2.05, 4.69) is 15.5 Å². The number of hydrogen-bond donors (Lipinski definition) is 3. The SMILES string of the molecule is CC(O)(CNC(=O)c1n[nH]c2ccccc12)c1ccc(F)cc1F. The highest BCUT2D eigenvalue weighted by Gasteiger charge is 2.28. The molecular formula is C17H15F2N3O2. The minimum atomic E-state index is -1.69. The number of carbonyl (C=O) groups is 1. The highest BCUT2D eigenvalue weighted by molar-refractivity contribution is 6.04. The fraction of sp³-hybridized carbons (Fsp3) is 0.176. The van der Waals surface area contributed by atoms with Crippen LogP contribution in [-0.2, 0) is 5.60 Å². The number of nitrogens with one attached hydrogen (secondary N) is 2. The maximum Gasteiger partial charge on any atom is 0.272 e. The molecule has 0 radical (unpaired) electrons. The van der Waals surface area contributed by atoms with Gasteiger partial charge >= 0.3 is 0 Å². The molecule has 3 N–H and O–H groups in total. The van der Waals surface area contributed by atoms with Crippen LogP contribution in [0.15, 0.2) is 42.5 Å². The topological polar surface area (TPSA) is 78.0 Å². The standard InChI is InChI=1S/C17H15F2N3O2/c1-17(24,12-7-6-10(18)8-13(12)19)9-20-16(23)15-11-4-2-3-5-14(11)21-22-15/h2-8,24H,9H2,1H3,(H,20,23)(H,21,22). The number of halogens is 2. The summed E-state index contributed by atoms with van der Waals surface area (Å²) in [6.45, 7) is 1.09. The van der Waals surface area contributed by atoms with Crippen LogP contribution in [0, 0.1) is 11.6 Å². The van der Waals surface area contributed by atoms with Gasteiger partial charge in [-0.15, -0.1) is 0 Å². The van der Waals surface area contributed by atoms with Crippen LogP contribution >= 0.6 is 0 Å². The highest BCUT2D eigenvalue weighted by atomic mass is 19.1. The second-order valence-electron chi connectivity index (χ2n) is 5.70. The van der Waals surface area contributed by atoms with E-state index < -0.39 is 23.1 Å². The summed E-state index contributed by atoms with van der Waals surface area (Å²) in [4.78, 5) is 12.3. The molecule has 0 spiro atoms. The number of benzene rings is 2. The fourth-order valence-electron chi connectivity index (χ4n) is 2.49. The number of aliphatic hydroxyl groups is 1. The van der Waals surface area contributed by atoms with E-state index in [1.807, 2.05) is 6.07 Å². The Labute approximate surface area is 136 Å². The van der Waals surface area contributed by atoms with Crippen LogP contribution in [-0.4, -0.2) is 27.8 Å². The van der Waals surface area contributed by atoms with Crippen LogP contribution in [0.2, 0.25) is 0 Å². The Balaban J connectivity index is 1.78. The molecule has 0 aliphatic carbocycles. The average molecular weight is 331 g/mol. The fourth-order valence-corrected chi connectivity index (χ4v) is 2.49. The Kier molecular flexibility index (Phi) is 4.02.